The molecule has 0 aliphatic carbocycles. The summed E-state index contributed by atoms with van der Waals surface area (Å²) in [6, 6.07) is 21.9. The number of nitrogens with zero attached hydrogens (tertiary/aromatic N) is 1. The molecule has 34 heavy (non-hydrogen) atoms. The second kappa shape index (κ2) is 10.4. The zero-order valence-electron chi connectivity index (χ0n) is 19.5. The van der Waals surface area contributed by atoms with Gasteiger partial charge in [0.2, 0.25) is 0 Å². The summed E-state index contributed by atoms with van der Waals surface area (Å²) >= 11 is 0. The molecule has 0 fully saturated rings. The van der Waals surface area contributed by atoms with Crippen molar-refractivity contribution in [2.75, 3.05) is 27.9 Å². The maximum absolute atomic E-state index is 13.3. The minimum atomic E-state index is -0.826. The van der Waals surface area contributed by atoms with E-state index in [-0.39, 0.29) is 5.91 Å². The highest BCUT2D eigenvalue weighted by atomic mass is 16.5. The average Bonchev–Trinajstić information content (AvgIpc) is 3.16. The molecule has 4 rings (SSSR count). The largest absolute Gasteiger partial charge is 0.493 e. The summed E-state index contributed by atoms with van der Waals surface area (Å²) in [5.74, 6) is 0.521. The lowest BCUT2D eigenvalue weighted by atomic mass is 10.0. The van der Waals surface area contributed by atoms with Gasteiger partial charge in [0, 0.05) is 17.7 Å². The van der Waals surface area contributed by atoms with Crippen LogP contribution in [0.25, 0.3) is 0 Å². The van der Waals surface area contributed by atoms with Crippen LogP contribution in [0.2, 0.25) is 0 Å². The fourth-order valence-electron chi connectivity index (χ4n) is 4.28. The van der Waals surface area contributed by atoms with E-state index < -0.39 is 18.2 Å². The Morgan fingerprint density at radius 3 is 2.35 bits per heavy atom. The predicted molar refractivity (Wildman–Crippen MR) is 128 cm³/mol. The van der Waals surface area contributed by atoms with Crippen molar-refractivity contribution >= 4 is 11.9 Å². The first-order valence-electron chi connectivity index (χ1n) is 11.1. The van der Waals surface area contributed by atoms with Gasteiger partial charge < -0.3 is 19.1 Å². The van der Waals surface area contributed by atoms with Gasteiger partial charge in [-0.05, 0) is 35.7 Å². The third-order valence-electron chi connectivity index (χ3n) is 6.04. The molecule has 0 radical (unpaired) electrons. The van der Waals surface area contributed by atoms with Crippen molar-refractivity contribution in [2.45, 2.75) is 18.6 Å². The maximum Gasteiger partial charge on any atom is 0.327 e. The fraction of sp³-hybridized carbons (Fsp3) is 0.259. The zero-order valence-corrected chi connectivity index (χ0v) is 19.5. The summed E-state index contributed by atoms with van der Waals surface area (Å²) in [5.41, 5.74) is 3.23. The maximum atomic E-state index is 13.3. The van der Waals surface area contributed by atoms with Crippen LogP contribution in [0.3, 0.4) is 0 Å². The van der Waals surface area contributed by atoms with Crippen molar-refractivity contribution in [1.82, 2.24) is 10.2 Å². The molecule has 0 spiro atoms. The van der Waals surface area contributed by atoms with Gasteiger partial charge >= 0.3 is 5.97 Å². The van der Waals surface area contributed by atoms with E-state index in [9.17, 15) is 9.59 Å². The Balaban J connectivity index is 1.67. The Morgan fingerprint density at radius 2 is 1.65 bits per heavy atom. The molecule has 0 unspecified atom stereocenters. The lowest BCUT2D eigenvalue weighted by Gasteiger charge is -2.30. The average molecular weight is 461 g/mol. The number of carbonyl (C=O) groups is 2. The number of rotatable bonds is 9. The van der Waals surface area contributed by atoms with Crippen LogP contribution in [0.4, 0.5) is 0 Å². The van der Waals surface area contributed by atoms with Crippen molar-refractivity contribution in [2.24, 2.45) is 0 Å². The number of benzene rings is 3. The van der Waals surface area contributed by atoms with Crippen LogP contribution < -0.4 is 14.8 Å². The number of fused-ring (bicyclic) bond motifs is 1. The Hall–Kier alpha value is -3.84. The molecule has 0 saturated heterocycles. The first kappa shape index (κ1) is 23.3. The van der Waals surface area contributed by atoms with Gasteiger partial charge in [-0.25, -0.2) is 4.79 Å². The molecule has 176 valence electrons. The van der Waals surface area contributed by atoms with E-state index >= 15 is 0 Å². The summed E-state index contributed by atoms with van der Waals surface area (Å²) < 4.78 is 15.9. The molecular formula is C27H28N2O5. The number of methoxy groups -OCH3 is 3. The van der Waals surface area contributed by atoms with Gasteiger partial charge in [0.15, 0.2) is 11.5 Å². The van der Waals surface area contributed by atoms with Gasteiger partial charge in [-0.15, -0.1) is 0 Å². The Morgan fingerprint density at radius 1 is 0.941 bits per heavy atom. The molecule has 7 nitrogen and oxygen atoms in total. The van der Waals surface area contributed by atoms with Crippen molar-refractivity contribution in [3.05, 3.63) is 95.1 Å². The highest BCUT2D eigenvalue weighted by Crippen LogP contribution is 2.36. The number of esters is 1. The van der Waals surface area contributed by atoms with Crippen LogP contribution in [-0.4, -0.2) is 44.7 Å². The van der Waals surface area contributed by atoms with Crippen molar-refractivity contribution in [1.29, 1.82) is 0 Å². The van der Waals surface area contributed by atoms with Crippen LogP contribution in [0.5, 0.6) is 11.5 Å². The van der Waals surface area contributed by atoms with Gasteiger partial charge in [-0.1, -0.05) is 54.6 Å². The minimum absolute atomic E-state index is 0.0695. The molecular weight excluding hydrogens is 432 g/mol. The number of hydrogen-bond donors (Lipinski definition) is 1. The summed E-state index contributed by atoms with van der Waals surface area (Å²) in [4.78, 5) is 27.9. The molecule has 1 aliphatic rings. The molecule has 3 aromatic carbocycles. The van der Waals surface area contributed by atoms with Gasteiger partial charge in [-0.3, -0.25) is 10.1 Å². The van der Waals surface area contributed by atoms with E-state index in [2.05, 4.69) is 5.32 Å². The van der Waals surface area contributed by atoms with Gasteiger partial charge in [0.1, 0.15) is 12.2 Å². The van der Waals surface area contributed by atoms with Crippen LogP contribution in [0.1, 0.15) is 39.3 Å². The Bertz CT molecular complexity index is 1160. The van der Waals surface area contributed by atoms with Crippen LogP contribution >= 0.6 is 0 Å². The summed E-state index contributed by atoms with van der Waals surface area (Å²) in [6.45, 7) is 0.495. The molecule has 0 bridgehead atoms. The van der Waals surface area contributed by atoms with Gasteiger partial charge in [0.05, 0.1) is 21.3 Å². The molecule has 0 aromatic heterocycles. The lowest BCUT2D eigenvalue weighted by Crippen LogP contribution is -2.42. The molecule has 1 aliphatic heterocycles. The monoisotopic (exact) mass is 460 g/mol. The van der Waals surface area contributed by atoms with E-state index in [1.165, 1.54) is 7.11 Å². The molecule has 1 heterocycles. The van der Waals surface area contributed by atoms with E-state index in [1.807, 2.05) is 54.6 Å². The predicted octanol–water partition coefficient (Wildman–Crippen LogP) is 3.90. The van der Waals surface area contributed by atoms with Crippen LogP contribution in [0.15, 0.2) is 72.8 Å². The standard InChI is InChI=1S/C27H28N2O5/c1-32-22-14-13-19(17-23(22)33-2)24(27(31)34-3)28-25-20-11-7-8-12-21(20)26(30)29(25)16-15-18-9-5-4-6-10-18/h4-14,17,24-25,28H,15-16H2,1-3H3/t24-,25+/m1/s1. The van der Waals surface area contributed by atoms with E-state index in [0.29, 0.717) is 35.6 Å². The number of nitrogens with one attached hydrogen (secondary N) is 1. The summed E-state index contributed by atoms with van der Waals surface area (Å²) in [6.07, 6.45) is 0.197. The summed E-state index contributed by atoms with van der Waals surface area (Å²) in [5, 5.41) is 3.38. The van der Waals surface area contributed by atoms with E-state index in [0.717, 1.165) is 11.1 Å². The fourth-order valence-corrected chi connectivity index (χ4v) is 4.28. The highest BCUT2D eigenvalue weighted by molar-refractivity contribution is 5.99. The highest BCUT2D eigenvalue weighted by Gasteiger charge is 2.39. The number of carbonyl (C=O) groups excluding carboxylic acids is 2. The quantitative estimate of drug-likeness (QED) is 0.488. The van der Waals surface area contributed by atoms with E-state index in [1.54, 1.807) is 37.3 Å². The molecule has 1 N–H and O–H groups in total. The topological polar surface area (TPSA) is 77.1 Å². The van der Waals surface area contributed by atoms with E-state index in [4.69, 9.17) is 14.2 Å². The second-order valence-corrected chi connectivity index (χ2v) is 7.96. The van der Waals surface area contributed by atoms with Crippen molar-refractivity contribution in [3.63, 3.8) is 0 Å². The Kier molecular flexibility index (Phi) is 7.13. The summed E-state index contributed by atoms with van der Waals surface area (Å²) in [7, 11) is 4.44. The number of amides is 1. The minimum Gasteiger partial charge on any atom is -0.493 e. The van der Waals surface area contributed by atoms with Gasteiger partial charge in [0.25, 0.3) is 5.91 Å². The third kappa shape index (κ3) is 4.61. The number of hydrogen-bond acceptors (Lipinski definition) is 6. The first-order valence-corrected chi connectivity index (χ1v) is 11.1. The van der Waals surface area contributed by atoms with Crippen LogP contribution in [-0.2, 0) is 16.0 Å². The zero-order chi connectivity index (χ0) is 24.1. The number of ether oxygens (including phenoxy) is 3. The smallest absolute Gasteiger partial charge is 0.327 e. The third-order valence-corrected chi connectivity index (χ3v) is 6.04. The molecule has 0 saturated carbocycles. The Labute approximate surface area is 199 Å². The lowest BCUT2D eigenvalue weighted by molar-refractivity contribution is -0.144. The molecule has 7 heteroatoms. The van der Waals surface area contributed by atoms with Crippen molar-refractivity contribution in [3.8, 4) is 11.5 Å². The molecule has 1 amide bonds. The molecule has 2 atom stereocenters. The second-order valence-electron chi connectivity index (χ2n) is 7.96. The van der Waals surface area contributed by atoms with Crippen LogP contribution in [0, 0.1) is 0 Å². The first-order chi connectivity index (χ1) is 16.6. The molecule has 3 aromatic rings. The normalized spacial score (nSPS) is 15.6. The van der Waals surface area contributed by atoms with Crippen molar-refractivity contribution < 1.29 is 23.8 Å². The SMILES string of the molecule is COC(=O)[C@H](N[C@@H]1c2ccccc2C(=O)N1CCc1ccccc1)c1ccc(OC)c(OC)c1. The van der Waals surface area contributed by atoms with Gasteiger partial charge in [-0.2, -0.15) is 0 Å².